The number of amides is 1. The van der Waals surface area contributed by atoms with Crippen molar-refractivity contribution in [2.75, 3.05) is 26.2 Å². The van der Waals surface area contributed by atoms with E-state index in [1.54, 1.807) is 12.1 Å². The van der Waals surface area contributed by atoms with Crippen LogP contribution in [0.5, 0.6) is 0 Å². The van der Waals surface area contributed by atoms with Crippen molar-refractivity contribution in [2.45, 2.75) is 49.6 Å². The molecule has 3 unspecified atom stereocenters. The standard InChI is InChI=1S/C19H29N3O4S.ClH/c1-14-8-9-22(16(11-14)12-20)19(23)15-4-6-18(7-5-15)27(24,25)21-13-17-3-2-10-26-17;/h4-7,14,16-17,21H,2-3,8-13,20H2,1H3;1H. The maximum atomic E-state index is 12.8. The number of benzene rings is 1. The van der Waals surface area contributed by atoms with E-state index in [4.69, 9.17) is 10.5 Å². The maximum absolute atomic E-state index is 12.8. The summed E-state index contributed by atoms with van der Waals surface area (Å²) in [6.07, 6.45) is 3.63. The zero-order valence-electron chi connectivity index (χ0n) is 16.2. The Bertz CT molecular complexity index is 751. The number of rotatable bonds is 6. The molecule has 0 aliphatic carbocycles. The number of hydrogen-bond acceptors (Lipinski definition) is 5. The molecule has 28 heavy (non-hydrogen) atoms. The van der Waals surface area contributed by atoms with Crippen LogP contribution in [0.1, 0.15) is 43.0 Å². The molecule has 0 spiro atoms. The van der Waals surface area contributed by atoms with E-state index >= 15 is 0 Å². The minimum absolute atomic E-state index is 0. The third kappa shape index (κ3) is 5.45. The SMILES string of the molecule is CC1CCN(C(=O)c2ccc(S(=O)(=O)NCC3CCCO3)cc2)C(CN)C1.Cl. The van der Waals surface area contributed by atoms with Gasteiger partial charge in [0.05, 0.1) is 11.0 Å². The van der Waals surface area contributed by atoms with Crippen LogP contribution in [-0.2, 0) is 14.8 Å². The number of carbonyl (C=O) groups is 1. The van der Waals surface area contributed by atoms with Gasteiger partial charge in [-0.05, 0) is 55.9 Å². The number of likely N-dealkylation sites (tertiary alicyclic amines) is 1. The predicted octanol–water partition coefficient (Wildman–Crippen LogP) is 1.77. The van der Waals surface area contributed by atoms with E-state index in [9.17, 15) is 13.2 Å². The lowest BCUT2D eigenvalue weighted by Gasteiger charge is -2.38. The first kappa shape index (κ1) is 23.1. The Morgan fingerprint density at radius 1 is 1.29 bits per heavy atom. The van der Waals surface area contributed by atoms with E-state index < -0.39 is 10.0 Å². The van der Waals surface area contributed by atoms with Gasteiger partial charge < -0.3 is 15.4 Å². The van der Waals surface area contributed by atoms with Crippen LogP contribution in [0.4, 0.5) is 0 Å². The lowest BCUT2D eigenvalue weighted by atomic mass is 9.92. The largest absolute Gasteiger partial charge is 0.377 e. The summed E-state index contributed by atoms with van der Waals surface area (Å²) < 4.78 is 32.9. The molecule has 2 fully saturated rings. The van der Waals surface area contributed by atoms with Crippen molar-refractivity contribution >= 4 is 28.3 Å². The number of carbonyl (C=O) groups excluding carboxylic acids is 1. The number of ether oxygens (including phenoxy) is 1. The highest BCUT2D eigenvalue weighted by Crippen LogP contribution is 2.24. The fourth-order valence-corrected chi connectivity index (χ4v) is 4.84. The normalized spacial score (nSPS) is 25.4. The Hall–Kier alpha value is -1.19. The van der Waals surface area contributed by atoms with Crippen LogP contribution in [0.2, 0.25) is 0 Å². The van der Waals surface area contributed by atoms with Crippen LogP contribution in [-0.4, -0.2) is 57.6 Å². The van der Waals surface area contributed by atoms with Gasteiger partial charge in [-0.1, -0.05) is 6.92 Å². The van der Waals surface area contributed by atoms with Gasteiger partial charge in [0.25, 0.3) is 5.91 Å². The summed E-state index contributed by atoms with van der Waals surface area (Å²) in [6.45, 7) is 4.25. The molecular weight excluding hydrogens is 402 g/mol. The smallest absolute Gasteiger partial charge is 0.254 e. The van der Waals surface area contributed by atoms with Crippen molar-refractivity contribution in [1.29, 1.82) is 0 Å². The zero-order chi connectivity index (χ0) is 19.4. The average molecular weight is 432 g/mol. The highest BCUT2D eigenvalue weighted by Gasteiger charge is 2.29. The quantitative estimate of drug-likeness (QED) is 0.714. The molecule has 7 nitrogen and oxygen atoms in total. The summed E-state index contributed by atoms with van der Waals surface area (Å²) in [5, 5.41) is 0. The molecule has 9 heteroatoms. The molecule has 2 heterocycles. The number of sulfonamides is 1. The first-order valence-corrected chi connectivity index (χ1v) is 11.1. The fourth-order valence-electron chi connectivity index (χ4n) is 3.78. The first-order chi connectivity index (χ1) is 12.9. The lowest BCUT2D eigenvalue weighted by Crippen LogP contribution is -2.49. The van der Waals surface area contributed by atoms with Crippen molar-refractivity contribution < 1.29 is 17.9 Å². The predicted molar refractivity (Wildman–Crippen MR) is 110 cm³/mol. The van der Waals surface area contributed by atoms with Crippen LogP contribution in [0.15, 0.2) is 29.2 Å². The van der Waals surface area contributed by atoms with Gasteiger partial charge >= 0.3 is 0 Å². The molecule has 1 aromatic rings. The molecule has 0 bridgehead atoms. The van der Waals surface area contributed by atoms with Crippen LogP contribution in [0, 0.1) is 5.92 Å². The summed E-state index contributed by atoms with van der Waals surface area (Å²) in [4.78, 5) is 14.8. The van der Waals surface area contributed by atoms with Crippen LogP contribution < -0.4 is 10.5 Å². The summed E-state index contributed by atoms with van der Waals surface area (Å²) in [7, 11) is -3.61. The van der Waals surface area contributed by atoms with Crippen molar-refractivity contribution in [2.24, 2.45) is 11.7 Å². The van der Waals surface area contributed by atoms with E-state index in [1.807, 2.05) is 4.90 Å². The Morgan fingerprint density at radius 3 is 2.61 bits per heavy atom. The molecule has 2 aliphatic rings. The Kier molecular flexibility index (Phi) is 8.27. The van der Waals surface area contributed by atoms with Crippen molar-refractivity contribution in [1.82, 2.24) is 9.62 Å². The molecule has 3 N–H and O–H groups in total. The van der Waals surface area contributed by atoms with Gasteiger partial charge in [-0.15, -0.1) is 12.4 Å². The van der Waals surface area contributed by atoms with Gasteiger partial charge in [0.15, 0.2) is 0 Å². The lowest BCUT2D eigenvalue weighted by molar-refractivity contribution is 0.0573. The van der Waals surface area contributed by atoms with E-state index in [-0.39, 0.29) is 41.9 Å². The van der Waals surface area contributed by atoms with Gasteiger partial charge in [-0.3, -0.25) is 4.79 Å². The molecule has 2 aliphatic heterocycles. The highest BCUT2D eigenvalue weighted by atomic mass is 35.5. The van der Waals surface area contributed by atoms with Crippen LogP contribution in [0.3, 0.4) is 0 Å². The van der Waals surface area contributed by atoms with E-state index in [0.717, 1.165) is 25.7 Å². The number of nitrogens with zero attached hydrogens (tertiary/aromatic N) is 1. The second-order valence-electron chi connectivity index (χ2n) is 7.53. The molecule has 3 atom stereocenters. The number of hydrogen-bond donors (Lipinski definition) is 2. The Labute approximate surface area is 173 Å². The highest BCUT2D eigenvalue weighted by molar-refractivity contribution is 7.89. The van der Waals surface area contributed by atoms with Gasteiger partial charge in [0.2, 0.25) is 10.0 Å². The third-order valence-corrected chi connectivity index (χ3v) is 6.89. The summed E-state index contributed by atoms with van der Waals surface area (Å²) in [5.41, 5.74) is 6.33. The molecule has 158 valence electrons. The molecule has 0 saturated carbocycles. The monoisotopic (exact) mass is 431 g/mol. The molecule has 3 rings (SSSR count). The molecule has 1 aromatic carbocycles. The van der Waals surface area contributed by atoms with Gasteiger partial charge in [-0.25, -0.2) is 13.1 Å². The molecule has 2 saturated heterocycles. The summed E-state index contributed by atoms with van der Waals surface area (Å²) >= 11 is 0. The summed E-state index contributed by atoms with van der Waals surface area (Å²) in [6, 6.07) is 6.16. The van der Waals surface area contributed by atoms with Gasteiger partial charge in [0, 0.05) is 37.8 Å². The number of halogens is 1. The van der Waals surface area contributed by atoms with E-state index in [0.29, 0.717) is 31.2 Å². The Morgan fingerprint density at radius 2 is 2.00 bits per heavy atom. The number of piperidine rings is 1. The zero-order valence-corrected chi connectivity index (χ0v) is 17.8. The number of nitrogens with two attached hydrogens (primary N) is 1. The number of nitrogens with one attached hydrogen (secondary N) is 1. The average Bonchev–Trinajstić information content (AvgIpc) is 3.19. The van der Waals surface area contributed by atoms with Crippen molar-refractivity contribution in [3.05, 3.63) is 29.8 Å². The topological polar surface area (TPSA) is 102 Å². The maximum Gasteiger partial charge on any atom is 0.254 e. The minimum atomic E-state index is -3.61. The minimum Gasteiger partial charge on any atom is -0.377 e. The molecule has 1 amide bonds. The second kappa shape index (κ2) is 10.0. The van der Waals surface area contributed by atoms with Crippen molar-refractivity contribution in [3.63, 3.8) is 0 Å². The van der Waals surface area contributed by atoms with E-state index in [1.165, 1.54) is 12.1 Å². The van der Waals surface area contributed by atoms with Gasteiger partial charge in [0.1, 0.15) is 0 Å². The fraction of sp³-hybridized carbons (Fsp3) is 0.632. The molecule has 0 radical (unpaired) electrons. The first-order valence-electron chi connectivity index (χ1n) is 9.63. The molecular formula is C19H30ClN3O4S. The Balaban J connectivity index is 0.00000280. The third-order valence-electron chi connectivity index (χ3n) is 5.45. The van der Waals surface area contributed by atoms with Gasteiger partial charge in [-0.2, -0.15) is 0 Å². The van der Waals surface area contributed by atoms with Crippen molar-refractivity contribution in [3.8, 4) is 0 Å². The second-order valence-corrected chi connectivity index (χ2v) is 9.30. The summed E-state index contributed by atoms with van der Waals surface area (Å²) in [5.74, 6) is 0.471. The van der Waals surface area contributed by atoms with Crippen LogP contribution >= 0.6 is 12.4 Å². The molecule has 0 aromatic heterocycles. The van der Waals surface area contributed by atoms with E-state index in [2.05, 4.69) is 11.6 Å². The van der Waals surface area contributed by atoms with Crippen LogP contribution in [0.25, 0.3) is 0 Å².